The van der Waals surface area contributed by atoms with Gasteiger partial charge in [0.2, 0.25) is 0 Å². The van der Waals surface area contributed by atoms with Crippen molar-refractivity contribution in [3.63, 3.8) is 0 Å². The molecule has 0 radical (unpaired) electrons. The van der Waals surface area contributed by atoms with E-state index in [2.05, 4.69) is 58.4 Å². The lowest BCUT2D eigenvalue weighted by Crippen LogP contribution is -2.50. The van der Waals surface area contributed by atoms with Crippen LogP contribution in [0, 0.1) is 0 Å². The highest BCUT2D eigenvalue weighted by Crippen LogP contribution is 2.51. The van der Waals surface area contributed by atoms with E-state index in [0.717, 1.165) is 12.0 Å². The third-order valence-electron chi connectivity index (χ3n) is 6.92. The van der Waals surface area contributed by atoms with E-state index in [0.29, 0.717) is 6.04 Å². The van der Waals surface area contributed by atoms with Crippen LogP contribution in [0.3, 0.4) is 0 Å². The van der Waals surface area contributed by atoms with E-state index >= 15 is 0 Å². The fourth-order valence-corrected chi connectivity index (χ4v) is 5.92. The van der Waals surface area contributed by atoms with Crippen LogP contribution in [0.15, 0.2) is 48.5 Å². The number of H-pyrrole nitrogens is 1. The maximum absolute atomic E-state index is 3.81. The monoisotopic (exact) mass is 328 g/mol. The summed E-state index contributed by atoms with van der Waals surface area (Å²) < 4.78 is 0. The van der Waals surface area contributed by atoms with Gasteiger partial charge < -0.3 is 4.98 Å². The summed E-state index contributed by atoms with van der Waals surface area (Å²) in [5.74, 6) is 0.743. The van der Waals surface area contributed by atoms with Crippen LogP contribution in [0.5, 0.6) is 0 Å². The number of fused-ring (bicyclic) bond motifs is 10. The molecule has 2 heteroatoms. The molecule has 3 heterocycles. The van der Waals surface area contributed by atoms with E-state index in [9.17, 15) is 0 Å². The van der Waals surface area contributed by atoms with E-state index in [1.54, 1.807) is 16.7 Å². The van der Waals surface area contributed by atoms with Gasteiger partial charge in [-0.25, -0.2) is 0 Å². The molecule has 3 atom stereocenters. The molecule has 25 heavy (non-hydrogen) atoms. The minimum atomic E-state index is 0.423. The highest BCUT2D eigenvalue weighted by Gasteiger charge is 2.44. The lowest BCUT2D eigenvalue weighted by molar-refractivity contribution is 0.0799. The third-order valence-corrected chi connectivity index (χ3v) is 6.92. The number of nitrogens with zero attached hydrogens (tertiary/aromatic N) is 1. The van der Waals surface area contributed by atoms with Gasteiger partial charge in [0.1, 0.15) is 0 Å². The number of rotatable bonds is 0. The molecule has 1 fully saturated rings. The molecule has 0 amide bonds. The van der Waals surface area contributed by atoms with E-state index in [4.69, 9.17) is 0 Å². The van der Waals surface area contributed by atoms with Crippen LogP contribution in [0.2, 0.25) is 0 Å². The SMILES string of the molecule is c1ccc2c(c1)[C@H]1c3[nH]c4ccccc4c3CCN1[C@@H]1CCCC[C@H]21. The largest absolute Gasteiger partial charge is 0.357 e. The Morgan fingerprint density at radius 3 is 2.64 bits per heavy atom. The molecule has 2 aromatic carbocycles. The summed E-state index contributed by atoms with van der Waals surface area (Å²) >= 11 is 0. The number of nitrogens with one attached hydrogen (secondary N) is 1. The average molecular weight is 328 g/mol. The van der Waals surface area contributed by atoms with Crippen LogP contribution >= 0.6 is 0 Å². The molecule has 2 nitrogen and oxygen atoms in total. The van der Waals surface area contributed by atoms with E-state index in [1.807, 2.05) is 0 Å². The van der Waals surface area contributed by atoms with Crippen molar-refractivity contribution in [2.24, 2.45) is 0 Å². The predicted octanol–water partition coefficient (Wildman–Crippen LogP) is 5.16. The molecule has 1 N–H and O–H groups in total. The van der Waals surface area contributed by atoms with Gasteiger partial charge in [0.15, 0.2) is 0 Å². The fourth-order valence-electron chi connectivity index (χ4n) is 5.92. The number of para-hydroxylation sites is 1. The molecule has 0 bridgehead atoms. The lowest BCUT2D eigenvalue weighted by atomic mass is 9.71. The zero-order chi connectivity index (χ0) is 16.4. The highest BCUT2D eigenvalue weighted by molar-refractivity contribution is 5.85. The molecule has 6 rings (SSSR count). The fraction of sp³-hybridized carbons (Fsp3) is 0.391. The van der Waals surface area contributed by atoms with Gasteiger partial charge in [0, 0.05) is 29.2 Å². The molecule has 0 spiro atoms. The molecule has 1 saturated carbocycles. The van der Waals surface area contributed by atoms with Crippen LogP contribution in [0.25, 0.3) is 10.9 Å². The predicted molar refractivity (Wildman–Crippen MR) is 102 cm³/mol. The third kappa shape index (κ3) is 1.89. The Kier molecular flexibility index (Phi) is 2.95. The van der Waals surface area contributed by atoms with Gasteiger partial charge in [-0.15, -0.1) is 0 Å². The Labute approximate surface area is 148 Å². The molecule has 1 aromatic heterocycles. The van der Waals surface area contributed by atoms with Gasteiger partial charge in [-0.3, -0.25) is 4.90 Å². The van der Waals surface area contributed by atoms with Gasteiger partial charge in [-0.2, -0.15) is 0 Å². The molecular weight excluding hydrogens is 304 g/mol. The second-order valence-electron chi connectivity index (χ2n) is 8.04. The summed E-state index contributed by atoms with van der Waals surface area (Å²) in [5.41, 5.74) is 7.50. The second-order valence-corrected chi connectivity index (χ2v) is 8.04. The first-order chi connectivity index (χ1) is 12.4. The maximum atomic E-state index is 3.81. The van der Waals surface area contributed by atoms with Crippen LogP contribution < -0.4 is 0 Å². The summed E-state index contributed by atoms with van der Waals surface area (Å²) in [4.78, 5) is 6.65. The van der Waals surface area contributed by atoms with E-state index < -0.39 is 0 Å². The van der Waals surface area contributed by atoms with Crippen molar-refractivity contribution in [1.82, 2.24) is 9.88 Å². The molecule has 3 aromatic rings. The van der Waals surface area contributed by atoms with Crippen LogP contribution in [-0.2, 0) is 6.42 Å². The average Bonchev–Trinajstić information content (AvgIpc) is 3.06. The minimum Gasteiger partial charge on any atom is -0.357 e. The summed E-state index contributed by atoms with van der Waals surface area (Å²) in [6, 6.07) is 19.3. The van der Waals surface area contributed by atoms with Crippen LogP contribution in [0.1, 0.15) is 60.0 Å². The van der Waals surface area contributed by atoms with Gasteiger partial charge in [0.05, 0.1) is 6.04 Å². The molecular formula is C23H24N2. The lowest BCUT2D eigenvalue weighted by Gasteiger charge is -2.51. The van der Waals surface area contributed by atoms with Crippen molar-refractivity contribution in [2.45, 2.75) is 50.1 Å². The molecule has 2 aliphatic heterocycles. The van der Waals surface area contributed by atoms with Gasteiger partial charge >= 0.3 is 0 Å². The standard InChI is InChI=1S/C23H24N2/c1-2-10-19-15(7-1)17-9-4-6-12-21(17)25-14-13-18-16-8-3-5-11-20(16)24-22(18)23(19)25/h1-3,5,7-8,10-11,17,21,23-24H,4,6,9,12-14H2/t17-,21-,23+/m1/s1. The Balaban J connectivity index is 1.60. The Morgan fingerprint density at radius 2 is 1.68 bits per heavy atom. The topological polar surface area (TPSA) is 19.0 Å². The number of hydrogen-bond donors (Lipinski definition) is 1. The summed E-state index contributed by atoms with van der Waals surface area (Å²) in [6.45, 7) is 1.20. The first-order valence-corrected chi connectivity index (χ1v) is 9.86. The Bertz CT molecular complexity index is 954. The first kappa shape index (κ1) is 14.1. The molecule has 1 aliphatic carbocycles. The molecule has 3 aliphatic rings. The molecule has 0 unspecified atom stereocenters. The van der Waals surface area contributed by atoms with Gasteiger partial charge in [0.25, 0.3) is 0 Å². The quantitative estimate of drug-likeness (QED) is 0.604. The number of benzene rings is 2. The Hall–Kier alpha value is -2.06. The highest BCUT2D eigenvalue weighted by atomic mass is 15.2. The number of aromatic amines is 1. The van der Waals surface area contributed by atoms with E-state index in [1.165, 1.54) is 55.2 Å². The van der Waals surface area contributed by atoms with Crippen molar-refractivity contribution in [1.29, 1.82) is 0 Å². The number of aromatic nitrogens is 1. The van der Waals surface area contributed by atoms with Crippen molar-refractivity contribution < 1.29 is 0 Å². The van der Waals surface area contributed by atoms with Crippen molar-refractivity contribution >= 4 is 10.9 Å². The Morgan fingerprint density at radius 1 is 0.880 bits per heavy atom. The minimum absolute atomic E-state index is 0.423. The zero-order valence-electron chi connectivity index (χ0n) is 14.5. The van der Waals surface area contributed by atoms with Crippen molar-refractivity contribution in [3.8, 4) is 0 Å². The molecule has 126 valence electrons. The normalized spacial score (nSPS) is 28.1. The summed E-state index contributed by atoms with van der Waals surface area (Å²) in [5, 5.41) is 1.43. The number of hydrogen-bond acceptors (Lipinski definition) is 1. The van der Waals surface area contributed by atoms with Crippen molar-refractivity contribution in [3.05, 3.63) is 70.9 Å². The van der Waals surface area contributed by atoms with Crippen molar-refractivity contribution in [2.75, 3.05) is 6.54 Å². The summed E-state index contributed by atoms with van der Waals surface area (Å²) in [7, 11) is 0. The van der Waals surface area contributed by atoms with Crippen LogP contribution in [0.4, 0.5) is 0 Å². The first-order valence-electron chi connectivity index (χ1n) is 9.86. The van der Waals surface area contributed by atoms with Gasteiger partial charge in [-0.05, 0) is 47.9 Å². The van der Waals surface area contributed by atoms with Gasteiger partial charge in [-0.1, -0.05) is 55.3 Å². The second kappa shape index (κ2) is 5.22. The maximum Gasteiger partial charge on any atom is 0.0762 e. The zero-order valence-corrected chi connectivity index (χ0v) is 14.5. The van der Waals surface area contributed by atoms with Crippen LogP contribution in [-0.4, -0.2) is 22.5 Å². The van der Waals surface area contributed by atoms with E-state index in [-0.39, 0.29) is 0 Å². The molecule has 0 saturated heterocycles. The summed E-state index contributed by atoms with van der Waals surface area (Å²) in [6.07, 6.45) is 6.70. The smallest absolute Gasteiger partial charge is 0.0762 e.